The first-order valence-electron chi connectivity index (χ1n) is 20.4. The number of alkyl carbamates (subject to hydrolysis) is 1. The van der Waals surface area contributed by atoms with E-state index < -0.39 is 41.3 Å². The standard InChI is InChI=1S/C48H48FN7O7/c1-28(2)43(54-47(60)62-27-37-35-16-9-7-14-33(35)34-15-8-10-17-36(34)37)45(58)61-26-29-12-11-13-30(22-29)56-42(25-41(55-56)48(3,4)5)53-46(59)52-39-19-18-31(23-38(39)49)63-32-20-21-51-40(24-32)44(57)50-6/h7-25,28,37,43H,26-27H2,1-6H3,(H,50,57)(H,54,60)(H2,52,53,59)/t43-/m1/s1. The summed E-state index contributed by atoms with van der Waals surface area (Å²) in [5.74, 6) is -1.52. The van der Waals surface area contributed by atoms with E-state index in [1.165, 1.54) is 42.2 Å². The van der Waals surface area contributed by atoms with Gasteiger partial charge < -0.3 is 30.2 Å². The number of urea groups is 1. The van der Waals surface area contributed by atoms with Crippen LogP contribution in [0.2, 0.25) is 0 Å². The van der Waals surface area contributed by atoms with Crippen molar-refractivity contribution in [3.05, 3.63) is 149 Å². The lowest BCUT2D eigenvalue weighted by molar-refractivity contribution is -0.148. The maximum absolute atomic E-state index is 15.3. The number of hydrogen-bond acceptors (Lipinski definition) is 9. The fourth-order valence-electron chi connectivity index (χ4n) is 7.11. The van der Waals surface area contributed by atoms with Gasteiger partial charge in [0, 0.05) is 42.8 Å². The van der Waals surface area contributed by atoms with Crippen LogP contribution in [0.25, 0.3) is 16.8 Å². The zero-order chi connectivity index (χ0) is 44.8. The maximum Gasteiger partial charge on any atom is 0.407 e. The Bertz CT molecular complexity index is 2630. The van der Waals surface area contributed by atoms with Crippen molar-refractivity contribution in [1.29, 1.82) is 0 Å². The number of nitrogens with one attached hydrogen (secondary N) is 4. The van der Waals surface area contributed by atoms with E-state index in [-0.39, 0.29) is 47.9 Å². The number of nitrogens with zero attached hydrogens (tertiary/aromatic N) is 3. The summed E-state index contributed by atoms with van der Waals surface area (Å²) in [6, 6.07) is 30.1. The highest BCUT2D eigenvalue weighted by Crippen LogP contribution is 2.44. The van der Waals surface area contributed by atoms with E-state index in [1.807, 2.05) is 57.2 Å². The van der Waals surface area contributed by atoms with Gasteiger partial charge in [-0.3, -0.25) is 15.1 Å². The molecule has 6 aromatic rings. The highest BCUT2D eigenvalue weighted by molar-refractivity contribution is 5.99. The number of carbonyl (C=O) groups is 4. The molecular formula is C48H48FN7O7. The topological polar surface area (TPSA) is 175 Å². The van der Waals surface area contributed by atoms with E-state index in [0.717, 1.165) is 28.3 Å². The number of halogens is 1. The molecule has 14 nitrogen and oxygen atoms in total. The summed E-state index contributed by atoms with van der Waals surface area (Å²) < 4.78 is 33.9. The van der Waals surface area contributed by atoms with E-state index in [1.54, 1.807) is 44.2 Å². The van der Waals surface area contributed by atoms with Gasteiger partial charge in [-0.15, -0.1) is 0 Å². The Morgan fingerprint density at radius 3 is 2.17 bits per heavy atom. The van der Waals surface area contributed by atoms with Crippen LogP contribution in [0.5, 0.6) is 11.5 Å². The number of benzene rings is 4. The normalized spacial score (nSPS) is 12.4. The van der Waals surface area contributed by atoms with Gasteiger partial charge in [0.15, 0.2) is 0 Å². The molecule has 2 heterocycles. The molecule has 0 unspecified atom stereocenters. The predicted octanol–water partition coefficient (Wildman–Crippen LogP) is 9.11. The third kappa shape index (κ3) is 10.2. The van der Waals surface area contributed by atoms with E-state index in [4.69, 9.17) is 19.3 Å². The van der Waals surface area contributed by atoms with Crippen LogP contribution < -0.4 is 26.0 Å². The number of aromatic nitrogens is 3. The van der Waals surface area contributed by atoms with Crippen LogP contribution in [-0.4, -0.2) is 58.5 Å². The molecule has 0 radical (unpaired) electrons. The lowest BCUT2D eigenvalue weighted by Crippen LogP contribution is -2.45. The molecule has 0 spiro atoms. The fourth-order valence-corrected chi connectivity index (χ4v) is 7.11. The monoisotopic (exact) mass is 853 g/mol. The van der Waals surface area contributed by atoms with Gasteiger partial charge in [-0.2, -0.15) is 5.10 Å². The molecule has 0 bridgehead atoms. The Hall–Kier alpha value is -7.55. The molecule has 0 saturated carbocycles. The van der Waals surface area contributed by atoms with Crippen LogP contribution in [0.4, 0.5) is 25.5 Å². The molecule has 0 saturated heterocycles. The number of carbonyl (C=O) groups excluding carboxylic acids is 4. The Labute approximate surface area is 364 Å². The molecule has 1 aliphatic rings. The minimum atomic E-state index is -0.975. The van der Waals surface area contributed by atoms with E-state index in [2.05, 4.69) is 38.4 Å². The molecule has 0 aliphatic heterocycles. The molecule has 4 N–H and O–H groups in total. The van der Waals surface area contributed by atoms with Crippen molar-refractivity contribution in [2.75, 3.05) is 24.3 Å². The predicted molar refractivity (Wildman–Crippen MR) is 236 cm³/mol. The highest BCUT2D eigenvalue weighted by atomic mass is 19.1. The molecule has 1 aliphatic carbocycles. The number of anilines is 2. The summed E-state index contributed by atoms with van der Waals surface area (Å²) in [5.41, 5.74) is 5.83. The molecule has 7 rings (SSSR count). The van der Waals surface area contributed by atoms with Crippen molar-refractivity contribution in [1.82, 2.24) is 25.4 Å². The van der Waals surface area contributed by atoms with Crippen LogP contribution in [0.3, 0.4) is 0 Å². The summed E-state index contributed by atoms with van der Waals surface area (Å²) in [4.78, 5) is 55.8. The Morgan fingerprint density at radius 2 is 1.51 bits per heavy atom. The third-order valence-electron chi connectivity index (χ3n) is 10.4. The third-order valence-corrected chi connectivity index (χ3v) is 10.4. The van der Waals surface area contributed by atoms with Crippen molar-refractivity contribution in [2.24, 2.45) is 5.92 Å². The van der Waals surface area contributed by atoms with Gasteiger partial charge in [0.1, 0.15) is 48.1 Å². The average molecular weight is 854 g/mol. The largest absolute Gasteiger partial charge is 0.459 e. The van der Waals surface area contributed by atoms with Crippen molar-refractivity contribution in [2.45, 2.75) is 58.6 Å². The lowest BCUT2D eigenvalue weighted by atomic mass is 9.92. The summed E-state index contributed by atoms with van der Waals surface area (Å²) in [5, 5.41) is 15.3. The smallest absolute Gasteiger partial charge is 0.407 e. The first-order valence-corrected chi connectivity index (χ1v) is 20.4. The first kappa shape index (κ1) is 43.5. The minimum absolute atomic E-state index is 0.103. The quantitative estimate of drug-likeness (QED) is 0.0826. The van der Waals surface area contributed by atoms with E-state index in [9.17, 15) is 19.2 Å². The number of hydrogen-bond donors (Lipinski definition) is 4. The number of esters is 1. The van der Waals surface area contributed by atoms with Gasteiger partial charge in [0.05, 0.1) is 17.1 Å². The first-order chi connectivity index (χ1) is 30.2. The van der Waals surface area contributed by atoms with Gasteiger partial charge in [0.25, 0.3) is 5.91 Å². The Morgan fingerprint density at radius 1 is 0.810 bits per heavy atom. The molecule has 63 heavy (non-hydrogen) atoms. The summed E-state index contributed by atoms with van der Waals surface area (Å²) >= 11 is 0. The van der Waals surface area contributed by atoms with Crippen LogP contribution in [0.1, 0.15) is 73.4 Å². The molecule has 2 aromatic heterocycles. The van der Waals surface area contributed by atoms with Gasteiger partial charge in [-0.1, -0.05) is 95.3 Å². The molecule has 4 aromatic carbocycles. The molecule has 15 heteroatoms. The second kappa shape index (κ2) is 18.6. The molecule has 0 fully saturated rings. The maximum atomic E-state index is 15.3. The average Bonchev–Trinajstić information content (AvgIpc) is 3.84. The van der Waals surface area contributed by atoms with Crippen LogP contribution in [0, 0.1) is 11.7 Å². The summed E-state index contributed by atoms with van der Waals surface area (Å²) in [7, 11) is 1.48. The molecule has 324 valence electrons. The lowest BCUT2D eigenvalue weighted by Gasteiger charge is -2.21. The number of amides is 4. The van der Waals surface area contributed by atoms with Crippen LogP contribution in [-0.2, 0) is 26.3 Å². The second-order valence-corrected chi connectivity index (χ2v) is 16.3. The Kier molecular flexibility index (Phi) is 12.9. The van der Waals surface area contributed by atoms with Crippen molar-refractivity contribution < 1.29 is 37.8 Å². The van der Waals surface area contributed by atoms with E-state index in [0.29, 0.717) is 22.8 Å². The summed E-state index contributed by atoms with van der Waals surface area (Å²) in [6.07, 6.45) is 0.678. The van der Waals surface area contributed by atoms with E-state index >= 15 is 4.39 Å². The van der Waals surface area contributed by atoms with Gasteiger partial charge >= 0.3 is 18.1 Å². The van der Waals surface area contributed by atoms with Crippen molar-refractivity contribution in [3.8, 4) is 28.3 Å². The minimum Gasteiger partial charge on any atom is -0.459 e. The molecule has 1 atom stereocenters. The summed E-state index contributed by atoms with van der Waals surface area (Å²) in [6.45, 7) is 9.53. The number of ether oxygens (including phenoxy) is 3. The highest BCUT2D eigenvalue weighted by Gasteiger charge is 2.31. The number of fused-ring (bicyclic) bond motifs is 3. The van der Waals surface area contributed by atoms with Gasteiger partial charge in [-0.05, 0) is 64.1 Å². The zero-order valence-electron chi connectivity index (χ0n) is 35.7. The molecule has 4 amide bonds. The van der Waals surface area contributed by atoms with Crippen LogP contribution in [0.15, 0.2) is 115 Å². The number of rotatable bonds is 13. The van der Waals surface area contributed by atoms with Gasteiger partial charge in [0.2, 0.25) is 0 Å². The number of pyridine rings is 1. The molecular weight excluding hydrogens is 806 g/mol. The fraction of sp³-hybridized carbons (Fsp3) is 0.250. The SMILES string of the molecule is CNC(=O)c1cc(Oc2ccc(NC(=O)Nc3cc(C(C)(C)C)nn3-c3cccc(COC(=O)[C@H](NC(=O)OCC4c5ccccc5-c5ccccc54)C(C)C)c3)c(F)c2)ccn1. The second-order valence-electron chi connectivity index (χ2n) is 16.3. The Balaban J connectivity index is 0.984. The van der Waals surface area contributed by atoms with Crippen LogP contribution >= 0.6 is 0 Å². The zero-order valence-corrected chi connectivity index (χ0v) is 35.7. The van der Waals surface area contributed by atoms with Crippen molar-refractivity contribution >= 4 is 35.5 Å². The van der Waals surface area contributed by atoms with Crippen molar-refractivity contribution in [3.63, 3.8) is 0 Å². The van der Waals surface area contributed by atoms with Gasteiger partial charge in [-0.25, -0.2) is 23.5 Å².